The van der Waals surface area contributed by atoms with Crippen molar-refractivity contribution in [3.8, 4) is 0 Å². The van der Waals surface area contributed by atoms with E-state index in [0.717, 1.165) is 5.69 Å². The van der Waals surface area contributed by atoms with Crippen LogP contribution in [0.4, 0.5) is 5.69 Å². The van der Waals surface area contributed by atoms with Crippen molar-refractivity contribution < 1.29 is 14.4 Å². The minimum atomic E-state index is -0.716. The second-order valence-electron chi connectivity index (χ2n) is 4.90. The Labute approximate surface area is 112 Å². The maximum atomic E-state index is 12.0. The van der Waals surface area contributed by atoms with E-state index in [2.05, 4.69) is 0 Å². The molecule has 1 amide bonds. The van der Waals surface area contributed by atoms with Gasteiger partial charge in [0.1, 0.15) is 11.6 Å². The average Bonchev–Trinajstić information content (AvgIpc) is 2.71. The van der Waals surface area contributed by atoms with Gasteiger partial charge in [-0.2, -0.15) is 0 Å². The van der Waals surface area contributed by atoms with Crippen molar-refractivity contribution in [3.05, 3.63) is 30.3 Å². The molecule has 100 valence electrons. The number of nitrogens with zero attached hydrogens (tertiary/aromatic N) is 1. The van der Waals surface area contributed by atoms with Gasteiger partial charge in [-0.3, -0.25) is 14.4 Å². The van der Waals surface area contributed by atoms with Gasteiger partial charge in [-0.25, -0.2) is 0 Å². The molecule has 1 aliphatic rings. The van der Waals surface area contributed by atoms with Crippen LogP contribution in [0.2, 0.25) is 0 Å². The number of carbonyl (C=O) groups excluding carboxylic acids is 3. The molecule has 0 spiro atoms. The Kier molecular flexibility index (Phi) is 3.79. The molecular formula is C15H17NO3. The van der Waals surface area contributed by atoms with Crippen LogP contribution in [0.15, 0.2) is 30.3 Å². The van der Waals surface area contributed by atoms with E-state index in [-0.39, 0.29) is 23.5 Å². The molecule has 1 aromatic rings. The molecule has 1 aliphatic heterocycles. The van der Waals surface area contributed by atoms with Gasteiger partial charge in [0.2, 0.25) is 5.91 Å². The van der Waals surface area contributed by atoms with Crippen molar-refractivity contribution in [2.24, 2.45) is 5.92 Å². The molecule has 0 aromatic heterocycles. The fourth-order valence-electron chi connectivity index (χ4n) is 2.77. The van der Waals surface area contributed by atoms with Gasteiger partial charge in [0.25, 0.3) is 0 Å². The minimum absolute atomic E-state index is 0.0244. The van der Waals surface area contributed by atoms with Crippen LogP contribution in [0.25, 0.3) is 0 Å². The standard InChI is InChI=1S/C15H17NO3/c1-10(17)15(11(2)18)13-8-9-14(19)16(13)12-6-4-3-5-7-12/h3-7,13,15H,8-9H2,1-2H3. The Morgan fingerprint density at radius 3 is 2.26 bits per heavy atom. The van der Waals surface area contributed by atoms with Crippen molar-refractivity contribution in [3.63, 3.8) is 0 Å². The van der Waals surface area contributed by atoms with Crippen LogP contribution in [0.3, 0.4) is 0 Å². The third kappa shape index (κ3) is 2.57. The zero-order chi connectivity index (χ0) is 14.0. The van der Waals surface area contributed by atoms with Crippen LogP contribution in [0, 0.1) is 5.92 Å². The SMILES string of the molecule is CC(=O)C(C(C)=O)C1CCC(=O)N1c1ccccc1. The molecule has 2 rings (SSSR count). The number of anilines is 1. The maximum Gasteiger partial charge on any atom is 0.227 e. The monoisotopic (exact) mass is 259 g/mol. The molecular weight excluding hydrogens is 242 g/mol. The summed E-state index contributed by atoms with van der Waals surface area (Å²) in [6, 6.07) is 8.86. The summed E-state index contributed by atoms with van der Waals surface area (Å²) >= 11 is 0. The van der Waals surface area contributed by atoms with Crippen LogP contribution < -0.4 is 4.90 Å². The van der Waals surface area contributed by atoms with Crippen molar-refractivity contribution in [1.82, 2.24) is 0 Å². The molecule has 1 saturated heterocycles. The molecule has 0 saturated carbocycles. The largest absolute Gasteiger partial charge is 0.308 e. The van der Waals surface area contributed by atoms with Gasteiger partial charge in [0.05, 0.1) is 12.0 Å². The van der Waals surface area contributed by atoms with Crippen molar-refractivity contribution in [1.29, 1.82) is 0 Å². The molecule has 0 N–H and O–H groups in total. The third-order valence-corrected chi connectivity index (χ3v) is 3.55. The van der Waals surface area contributed by atoms with Crippen LogP contribution in [-0.2, 0) is 14.4 Å². The van der Waals surface area contributed by atoms with E-state index in [4.69, 9.17) is 0 Å². The summed E-state index contributed by atoms with van der Waals surface area (Å²) in [6.07, 6.45) is 0.939. The lowest BCUT2D eigenvalue weighted by atomic mass is 9.90. The highest BCUT2D eigenvalue weighted by Crippen LogP contribution is 2.31. The van der Waals surface area contributed by atoms with Gasteiger partial charge in [0, 0.05) is 12.1 Å². The number of Topliss-reactive ketones (excluding diaryl/α,β-unsaturated/α-hetero) is 2. The molecule has 19 heavy (non-hydrogen) atoms. The molecule has 4 heteroatoms. The highest BCUT2D eigenvalue weighted by molar-refractivity contribution is 6.05. The van der Waals surface area contributed by atoms with E-state index in [0.29, 0.717) is 12.8 Å². The summed E-state index contributed by atoms with van der Waals surface area (Å²) < 4.78 is 0. The fourth-order valence-corrected chi connectivity index (χ4v) is 2.77. The first-order valence-electron chi connectivity index (χ1n) is 6.40. The quantitative estimate of drug-likeness (QED) is 0.777. The van der Waals surface area contributed by atoms with Gasteiger partial charge >= 0.3 is 0 Å². The molecule has 4 nitrogen and oxygen atoms in total. The van der Waals surface area contributed by atoms with E-state index in [1.54, 1.807) is 4.90 Å². The summed E-state index contributed by atoms with van der Waals surface area (Å²) in [5.74, 6) is -1.09. The molecule has 1 heterocycles. The zero-order valence-corrected chi connectivity index (χ0v) is 11.1. The molecule has 1 fully saturated rings. The summed E-state index contributed by atoms with van der Waals surface area (Å²) in [4.78, 5) is 37.0. The Hall–Kier alpha value is -1.97. The minimum Gasteiger partial charge on any atom is -0.308 e. The third-order valence-electron chi connectivity index (χ3n) is 3.55. The average molecular weight is 259 g/mol. The number of hydrogen-bond acceptors (Lipinski definition) is 3. The summed E-state index contributed by atoms with van der Waals surface area (Å²) in [7, 11) is 0. The fraction of sp³-hybridized carbons (Fsp3) is 0.400. The highest BCUT2D eigenvalue weighted by Gasteiger charge is 2.41. The number of para-hydroxylation sites is 1. The summed E-state index contributed by atoms with van der Waals surface area (Å²) in [5.41, 5.74) is 0.752. The lowest BCUT2D eigenvalue weighted by Crippen LogP contribution is -2.43. The normalized spacial score (nSPS) is 19.0. The molecule has 0 bridgehead atoms. The highest BCUT2D eigenvalue weighted by atomic mass is 16.2. The Balaban J connectivity index is 2.37. The van der Waals surface area contributed by atoms with E-state index < -0.39 is 5.92 Å². The molecule has 0 radical (unpaired) electrons. The Bertz CT molecular complexity index is 495. The molecule has 1 atom stereocenters. The predicted octanol–water partition coefficient (Wildman–Crippen LogP) is 1.98. The second-order valence-corrected chi connectivity index (χ2v) is 4.90. The van der Waals surface area contributed by atoms with Crippen LogP contribution >= 0.6 is 0 Å². The molecule has 0 aliphatic carbocycles. The first-order chi connectivity index (χ1) is 9.02. The summed E-state index contributed by atoms with van der Waals surface area (Å²) in [6.45, 7) is 2.83. The van der Waals surface area contributed by atoms with Crippen LogP contribution in [0.1, 0.15) is 26.7 Å². The second kappa shape index (κ2) is 5.34. The van der Waals surface area contributed by atoms with E-state index in [1.165, 1.54) is 13.8 Å². The molecule has 1 unspecified atom stereocenters. The molecule has 1 aromatic carbocycles. The van der Waals surface area contributed by atoms with E-state index in [1.807, 2.05) is 30.3 Å². The number of benzene rings is 1. The van der Waals surface area contributed by atoms with Crippen molar-refractivity contribution in [2.45, 2.75) is 32.7 Å². The number of ketones is 2. The van der Waals surface area contributed by atoms with Gasteiger partial charge in [-0.15, -0.1) is 0 Å². The first kappa shape index (κ1) is 13.5. The number of carbonyl (C=O) groups is 3. The Morgan fingerprint density at radius 1 is 1.16 bits per heavy atom. The van der Waals surface area contributed by atoms with Gasteiger partial charge in [-0.1, -0.05) is 18.2 Å². The topological polar surface area (TPSA) is 54.5 Å². The lowest BCUT2D eigenvalue weighted by molar-refractivity contribution is -0.131. The van der Waals surface area contributed by atoms with Gasteiger partial charge < -0.3 is 4.90 Å². The van der Waals surface area contributed by atoms with Gasteiger partial charge in [-0.05, 0) is 32.4 Å². The van der Waals surface area contributed by atoms with Crippen LogP contribution in [0.5, 0.6) is 0 Å². The predicted molar refractivity (Wildman–Crippen MR) is 71.8 cm³/mol. The Morgan fingerprint density at radius 2 is 1.74 bits per heavy atom. The number of rotatable bonds is 4. The number of amides is 1. The maximum absolute atomic E-state index is 12.0. The van der Waals surface area contributed by atoms with Crippen molar-refractivity contribution >= 4 is 23.2 Å². The van der Waals surface area contributed by atoms with E-state index >= 15 is 0 Å². The first-order valence-corrected chi connectivity index (χ1v) is 6.40. The zero-order valence-electron chi connectivity index (χ0n) is 11.1. The van der Waals surface area contributed by atoms with Crippen LogP contribution in [-0.4, -0.2) is 23.5 Å². The summed E-state index contributed by atoms with van der Waals surface area (Å²) in [5, 5.41) is 0. The number of hydrogen-bond donors (Lipinski definition) is 0. The lowest BCUT2D eigenvalue weighted by Gasteiger charge is -2.29. The smallest absolute Gasteiger partial charge is 0.227 e. The van der Waals surface area contributed by atoms with E-state index in [9.17, 15) is 14.4 Å². The van der Waals surface area contributed by atoms with Crippen molar-refractivity contribution in [2.75, 3.05) is 4.90 Å². The van der Waals surface area contributed by atoms with Gasteiger partial charge in [0.15, 0.2) is 0 Å².